The Morgan fingerprint density at radius 2 is 1.87 bits per heavy atom. The minimum Gasteiger partial charge on any atom is -0.398 e. The number of anilines is 5. The molecule has 2 aromatic rings. The van der Waals surface area contributed by atoms with Crippen LogP contribution in [0.3, 0.4) is 0 Å². The topological polar surface area (TPSA) is 115 Å². The highest BCUT2D eigenvalue weighted by Gasteiger charge is 2.34. The van der Waals surface area contributed by atoms with Crippen molar-refractivity contribution in [2.24, 2.45) is 0 Å². The predicted molar refractivity (Wildman–Crippen MR) is 128 cm³/mol. The molecule has 0 fully saturated rings. The van der Waals surface area contributed by atoms with E-state index in [0.29, 0.717) is 29.0 Å². The van der Waals surface area contributed by atoms with Gasteiger partial charge in [0.1, 0.15) is 5.69 Å². The molecule has 0 saturated heterocycles. The Morgan fingerprint density at radius 3 is 2.45 bits per heavy atom. The van der Waals surface area contributed by atoms with Crippen molar-refractivity contribution in [2.75, 3.05) is 33.0 Å². The fourth-order valence-corrected chi connectivity index (χ4v) is 3.43. The second-order valence-electron chi connectivity index (χ2n) is 8.24. The van der Waals surface area contributed by atoms with Crippen molar-refractivity contribution in [3.63, 3.8) is 0 Å². The molecule has 6 N–H and O–H groups in total. The van der Waals surface area contributed by atoms with Crippen molar-refractivity contribution >= 4 is 40.6 Å². The fourth-order valence-electron chi connectivity index (χ4n) is 3.32. The zero-order valence-corrected chi connectivity index (χ0v) is 19.5. The predicted octanol–water partition coefficient (Wildman–Crippen LogP) is 3.37. The van der Waals surface area contributed by atoms with E-state index in [9.17, 15) is 5.11 Å². The first-order valence-corrected chi connectivity index (χ1v) is 11.0. The van der Waals surface area contributed by atoms with Gasteiger partial charge in [-0.15, -0.1) is 5.53 Å². The number of aromatic nitrogens is 2. The van der Waals surface area contributed by atoms with Gasteiger partial charge < -0.3 is 21.5 Å². The van der Waals surface area contributed by atoms with E-state index in [-0.39, 0.29) is 24.7 Å². The van der Waals surface area contributed by atoms with Crippen molar-refractivity contribution < 1.29 is 5.11 Å². The molecule has 1 unspecified atom stereocenters. The first-order chi connectivity index (χ1) is 14.7. The molecule has 0 aliphatic carbocycles. The molecule has 1 aromatic heterocycles. The maximum atomic E-state index is 9.62. The zero-order valence-electron chi connectivity index (χ0n) is 18.8. The Kier molecular flexibility index (Phi) is 7.30. The van der Waals surface area contributed by atoms with Crippen molar-refractivity contribution in [1.29, 1.82) is 0 Å². The summed E-state index contributed by atoms with van der Waals surface area (Å²) in [5, 5.41) is 20.9. The summed E-state index contributed by atoms with van der Waals surface area (Å²) in [6.45, 7) is 10.9. The number of hydrogen-bond acceptors (Lipinski definition) is 9. The average molecular weight is 449 g/mol. The molecule has 0 saturated carbocycles. The van der Waals surface area contributed by atoms with E-state index in [1.165, 1.54) is 0 Å². The van der Waals surface area contributed by atoms with Crippen LogP contribution in [0.25, 0.3) is 0 Å². The van der Waals surface area contributed by atoms with Crippen molar-refractivity contribution in [3.8, 4) is 0 Å². The number of nitrogen functional groups attached to an aromatic ring is 1. The van der Waals surface area contributed by atoms with Gasteiger partial charge in [-0.25, -0.2) is 0 Å². The number of nitrogens with one attached hydrogen (secondary N) is 3. The summed E-state index contributed by atoms with van der Waals surface area (Å²) in [4.78, 5) is 9.53. The summed E-state index contributed by atoms with van der Waals surface area (Å²) in [5.41, 5.74) is 11.8. The summed E-state index contributed by atoms with van der Waals surface area (Å²) in [5.74, 6) is 1.95. The summed E-state index contributed by atoms with van der Waals surface area (Å²) < 4.78 is 0. The smallest absolute Gasteiger partial charge is 0.227 e. The Balaban J connectivity index is 2.01. The summed E-state index contributed by atoms with van der Waals surface area (Å²) in [6, 6.07) is 5.81. The lowest BCUT2D eigenvalue weighted by Crippen LogP contribution is -2.50. The maximum Gasteiger partial charge on any atom is 0.227 e. The number of rotatable bonds is 9. The van der Waals surface area contributed by atoms with Gasteiger partial charge in [-0.05, 0) is 51.8 Å². The van der Waals surface area contributed by atoms with E-state index in [0.717, 1.165) is 23.5 Å². The number of hydrogen-bond donors (Lipinski definition) is 5. The molecule has 170 valence electrons. The van der Waals surface area contributed by atoms with Crippen LogP contribution in [-0.4, -0.2) is 39.8 Å². The molecule has 1 aliphatic heterocycles. The van der Waals surface area contributed by atoms with Gasteiger partial charge in [0.25, 0.3) is 0 Å². The SMILES string of the molecule is CCC(CO)Nc1nc(NCc2ccc(Cl)c(N)c2)c2c(n1)N(C(C)C)NN2C(C)C. The molecule has 0 spiro atoms. The molecular weight excluding hydrogens is 416 g/mol. The number of aliphatic hydroxyl groups is 1. The summed E-state index contributed by atoms with van der Waals surface area (Å²) in [6.07, 6.45) is 0.758. The number of nitrogens with two attached hydrogens (primary N) is 1. The highest BCUT2D eigenvalue weighted by molar-refractivity contribution is 6.33. The maximum absolute atomic E-state index is 9.62. The zero-order chi connectivity index (χ0) is 22.7. The molecular formula is C21H33ClN8O. The van der Waals surface area contributed by atoms with Crippen LogP contribution in [0.5, 0.6) is 0 Å². The van der Waals surface area contributed by atoms with Gasteiger partial charge in [0.05, 0.1) is 23.4 Å². The number of hydrazine groups is 2. The molecule has 0 bridgehead atoms. The van der Waals surface area contributed by atoms with Gasteiger partial charge in [-0.1, -0.05) is 24.6 Å². The molecule has 9 nitrogen and oxygen atoms in total. The lowest BCUT2D eigenvalue weighted by Gasteiger charge is -2.27. The Bertz CT molecular complexity index is 903. The normalized spacial score (nSPS) is 14.4. The molecule has 1 aromatic carbocycles. The summed E-state index contributed by atoms with van der Waals surface area (Å²) in [7, 11) is 0. The number of fused-ring (bicyclic) bond motifs is 1. The van der Waals surface area contributed by atoms with Crippen LogP contribution in [0, 0.1) is 0 Å². The highest BCUT2D eigenvalue weighted by Crippen LogP contribution is 2.40. The Hall–Kier alpha value is -2.49. The largest absolute Gasteiger partial charge is 0.398 e. The van der Waals surface area contributed by atoms with E-state index >= 15 is 0 Å². The van der Waals surface area contributed by atoms with Gasteiger partial charge in [0.15, 0.2) is 11.6 Å². The molecule has 3 rings (SSSR count). The van der Waals surface area contributed by atoms with Gasteiger partial charge in [0, 0.05) is 18.6 Å². The number of aliphatic hydroxyl groups excluding tert-OH is 1. The average Bonchev–Trinajstić information content (AvgIpc) is 3.13. The standard InChI is InChI=1S/C21H33ClN8O/c1-6-15(11-31)25-21-26-19(24-10-14-7-8-16(22)17(23)9-14)18-20(27-21)30(13(4)5)28-29(18)12(2)3/h7-9,12-13,15,28,31H,6,10-11,23H2,1-5H3,(H2,24,25,26,27). The van der Waals surface area contributed by atoms with Crippen LogP contribution in [0.4, 0.5) is 29.0 Å². The summed E-state index contributed by atoms with van der Waals surface area (Å²) >= 11 is 6.06. The Morgan fingerprint density at radius 1 is 1.16 bits per heavy atom. The van der Waals surface area contributed by atoms with Gasteiger partial charge in [-0.2, -0.15) is 9.97 Å². The third-order valence-corrected chi connectivity index (χ3v) is 5.49. The van der Waals surface area contributed by atoms with Crippen molar-refractivity contribution in [1.82, 2.24) is 15.5 Å². The molecule has 31 heavy (non-hydrogen) atoms. The second kappa shape index (κ2) is 9.76. The van der Waals surface area contributed by atoms with E-state index < -0.39 is 0 Å². The van der Waals surface area contributed by atoms with Gasteiger partial charge in [-0.3, -0.25) is 10.0 Å². The molecule has 2 heterocycles. The highest BCUT2D eigenvalue weighted by atomic mass is 35.5. The lowest BCUT2D eigenvalue weighted by molar-refractivity contribution is 0.271. The van der Waals surface area contributed by atoms with Crippen LogP contribution in [0.15, 0.2) is 18.2 Å². The third-order valence-electron chi connectivity index (χ3n) is 5.15. The molecule has 0 amide bonds. The number of nitrogens with zero attached hydrogens (tertiary/aromatic N) is 4. The monoisotopic (exact) mass is 448 g/mol. The lowest BCUT2D eigenvalue weighted by atomic mass is 10.2. The third kappa shape index (κ3) is 5.06. The molecule has 0 radical (unpaired) electrons. The van der Waals surface area contributed by atoms with Crippen molar-refractivity contribution in [2.45, 2.75) is 65.7 Å². The van der Waals surface area contributed by atoms with Gasteiger partial charge >= 0.3 is 0 Å². The van der Waals surface area contributed by atoms with Crippen LogP contribution in [0.1, 0.15) is 46.6 Å². The van der Waals surface area contributed by atoms with Crippen molar-refractivity contribution in [3.05, 3.63) is 28.8 Å². The number of halogens is 1. The Labute approximate surface area is 188 Å². The minimum atomic E-state index is -0.120. The van der Waals surface area contributed by atoms with Gasteiger partial charge in [0.2, 0.25) is 5.95 Å². The number of benzene rings is 1. The quantitative estimate of drug-likeness (QED) is 0.368. The minimum absolute atomic E-state index is 0.00796. The fraction of sp³-hybridized carbons (Fsp3) is 0.524. The van der Waals surface area contributed by atoms with E-state index in [1.807, 2.05) is 24.1 Å². The van der Waals surface area contributed by atoms with E-state index in [2.05, 4.69) is 48.9 Å². The van der Waals surface area contributed by atoms with Crippen LogP contribution < -0.4 is 31.9 Å². The van der Waals surface area contributed by atoms with Crippen LogP contribution >= 0.6 is 11.6 Å². The molecule has 10 heteroatoms. The van der Waals surface area contributed by atoms with E-state index in [4.69, 9.17) is 27.3 Å². The molecule has 1 atom stereocenters. The first-order valence-electron chi connectivity index (χ1n) is 10.7. The van der Waals surface area contributed by atoms with E-state index in [1.54, 1.807) is 6.07 Å². The molecule has 1 aliphatic rings. The van der Waals surface area contributed by atoms with Crippen LogP contribution in [-0.2, 0) is 6.54 Å². The first kappa shape index (κ1) is 23.2. The second-order valence-corrected chi connectivity index (χ2v) is 8.64. The van der Waals surface area contributed by atoms with Crippen LogP contribution in [0.2, 0.25) is 5.02 Å².